The summed E-state index contributed by atoms with van der Waals surface area (Å²) in [5.41, 5.74) is 4.13. The summed E-state index contributed by atoms with van der Waals surface area (Å²) in [6, 6.07) is 21.5. The molecule has 35 heavy (non-hydrogen) atoms. The lowest BCUT2D eigenvalue weighted by atomic mass is 9.93. The van der Waals surface area contributed by atoms with Crippen molar-refractivity contribution in [2.75, 3.05) is 6.54 Å². The summed E-state index contributed by atoms with van der Waals surface area (Å²) in [6.45, 7) is -0.0715. The highest BCUT2D eigenvalue weighted by Crippen LogP contribution is 2.25. The first-order chi connectivity index (χ1) is 16.9. The maximum absolute atomic E-state index is 12.5. The minimum atomic E-state index is -1.16. The molecule has 0 spiro atoms. The smallest absolute Gasteiger partial charge is 0.309 e. The zero-order chi connectivity index (χ0) is 24.9. The van der Waals surface area contributed by atoms with E-state index in [1.807, 2.05) is 36.4 Å². The number of imide groups is 1. The van der Waals surface area contributed by atoms with Gasteiger partial charge in [-0.2, -0.15) is 0 Å². The van der Waals surface area contributed by atoms with Gasteiger partial charge in [-0.1, -0.05) is 60.7 Å². The Kier molecular flexibility index (Phi) is 7.17. The van der Waals surface area contributed by atoms with Crippen molar-refractivity contribution < 1.29 is 29.4 Å². The van der Waals surface area contributed by atoms with Crippen molar-refractivity contribution in [3.63, 3.8) is 0 Å². The van der Waals surface area contributed by atoms with Crippen LogP contribution in [0.3, 0.4) is 0 Å². The standard InChI is InChI=1S/C28H25NO6/c30-17-19-7-12-21(13-8-19)20-10-5-18(6-11-20)9-14-25(31)24(28(34)35)15-16-29-26(32)22-3-1-2-4-23(22)27(29)33/h1-8,10-13,17,24-25,31H,9,14-16H2,(H,34,35)/t24-,25+/m1/s1. The maximum Gasteiger partial charge on any atom is 0.309 e. The second kappa shape index (κ2) is 10.4. The first-order valence-electron chi connectivity index (χ1n) is 11.4. The van der Waals surface area contributed by atoms with Crippen LogP contribution in [-0.2, 0) is 11.2 Å². The number of benzene rings is 3. The fourth-order valence-corrected chi connectivity index (χ4v) is 4.32. The van der Waals surface area contributed by atoms with Gasteiger partial charge in [-0.25, -0.2) is 0 Å². The number of aliphatic carboxylic acids is 1. The molecule has 178 valence electrons. The van der Waals surface area contributed by atoms with E-state index in [2.05, 4.69) is 0 Å². The molecule has 0 saturated carbocycles. The van der Waals surface area contributed by atoms with E-state index in [1.54, 1.807) is 36.4 Å². The van der Waals surface area contributed by atoms with Gasteiger partial charge < -0.3 is 10.2 Å². The second-order valence-corrected chi connectivity index (χ2v) is 8.58. The minimum Gasteiger partial charge on any atom is -0.481 e. The lowest BCUT2D eigenvalue weighted by Crippen LogP contribution is -2.36. The van der Waals surface area contributed by atoms with E-state index in [-0.39, 0.29) is 19.4 Å². The number of fused-ring (bicyclic) bond motifs is 1. The number of rotatable bonds is 10. The maximum atomic E-state index is 12.5. The number of amides is 2. The van der Waals surface area contributed by atoms with Gasteiger partial charge in [0.25, 0.3) is 11.8 Å². The van der Waals surface area contributed by atoms with Crippen LogP contribution in [0.5, 0.6) is 0 Å². The summed E-state index contributed by atoms with van der Waals surface area (Å²) in [5.74, 6) is -3.15. The van der Waals surface area contributed by atoms with Crippen LogP contribution < -0.4 is 0 Å². The number of aryl methyl sites for hydroxylation is 1. The molecule has 2 amide bonds. The van der Waals surface area contributed by atoms with E-state index >= 15 is 0 Å². The largest absolute Gasteiger partial charge is 0.481 e. The highest BCUT2D eigenvalue weighted by Gasteiger charge is 2.36. The average molecular weight is 472 g/mol. The fourth-order valence-electron chi connectivity index (χ4n) is 4.32. The number of hydrogen-bond donors (Lipinski definition) is 2. The minimum absolute atomic E-state index is 0.0301. The van der Waals surface area contributed by atoms with E-state index in [0.717, 1.165) is 27.9 Å². The molecule has 0 bridgehead atoms. The molecule has 0 unspecified atom stereocenters. The number of hydrogen-bond acceptors (Lipinski definition) is 5. The highest BCUT2D eigenvalue weighted by atomic mass is 16.4. The topological polar surface area (TPSA) is 112 Å². The molecular weight excluding hydrogens is 446 g/mol. The number of carboxylic acid groups (broad SMARTS) is 1. The average Bonchev–Trinajstić information content (AvgIpc) is 3.12. The van der Waals surface area contributed by atoms with Crippen LogP contribution in [0, 0.1) is 5.92 Å². The summed E-state index contributed by atoms with van der Waals surface area (Å²) in [7, 11) is 0. The lowest BCUT2D eigenvalue weighted by molar-refractivity contribution is -0.146. The van der Waals surface area contributed by atoms with Crippen molar-refractivity contribution in [3.05, 3.63) is 95.1 Å². The zero-order valence-electron chi connectivity index (χ0n) is 19.0. The molecule has 0 aliphatic carbocycles. The third kappa shape index (κ3) is 5.20. The molecule has 1 aliphatic rings. The third-order valence-electron chi connectivity index (χ3n) is 6.39. The van der Waals surface area contributed by atoms with Crippen molar-refractivity contribution in [1.82, 2.24) is 4.90 Å². The van der Waals surface area contributed by atoms with Gasteiger partial charge >= 0.3 is 5.97 Å². The Bertz CT molecular complexity index is 1210. The Morgan fingerprint density at radius 1 is 0.829 bits per heavy atom. The Hall–Kier alpha value is -4.10. The van der Waals surface area contributed by atoms with Gasteiger partial charge in [0.15, 0.2) is 0 Å². The number of aliphatic hydroxyl groups is 1. The highest BCUT2D eigenvalue weighted by molar-refractivity contribution is 6.21. The van der Waals surface area contributed by atoms with E-state index in [4.69, 9.17) is 0 Å². The van der Waals surface area contributed by atoms with Crippen LogP contribution in [0.4, 0.5) is 0 Å². The van der Waals surface area contributed by atoms with Crippen molar-refractivity contribution >= 4 is 24.1 Å². The molecule has 1 heterocycles. The third-order valence-corrected chi connectivity index (χ3v) is 6.39. The normalized spacial score (nSPS) is 14.5. The first-order valence-corrected chi connectivity index (χ1v) is 11.4. The molecule has 0 fully saturated rings. The van der Waals surface area contributed by atoms with Gasteiger partial charge in [0.05, 0.1) is 23.1 Å². The van der Waals surface area contributed by atoms with E-state index < -0.39 is 29.8 Å². The van der Waals surface area contributed by atoms with Gasteiger partial charge in [-0.15, -0.1) is 0 Å². The van der Waals surface area contributed by atoms with E-state index in [9.17, 15) is 29.4 Å². The van der Waals surface area contributed by atoms with Gasteiger partial charge in [0.2, 0.25) is 0 Å². The van der Waals surface area contributed by atoms with Crippen molar-refractivity contribution in [3.8, 4) is 11.1 Å². The Labute approximate surface area is 202 Å². The predicted octanol–water partition coefficient (Wildman–Crippen LogP) is 3.85. The van der Waals surface area contributed by atoms with E-state index in [0.29, 0.717) is 23.1 Å². The summed E-state index contributed by atoms with van der Waals surface area (Å²) in [4.78, 5) is 48.7. The number of aldehydes is 1. The Balaban J connectivity index is 1.34. The molecular formula is C28H25NO6. The Morgan fingerprint density at radius 3 is 1.89 bits per heavy atom. The SMILES string of the molecule is O=Cc1ccc(-c2ccc(CC[C@H](O)[C@@H](CCN3C(=O)c4ccccc4C3=O)C(=O)O)cc2)cc1. The molecule has 0 aromatic heterocycles. The molecule has 2 atom stereocenters. The summed E-state index contributed by atoms with van der Waals surface area (Å²) >= 11 is 0. The monoisotopic (exact) mass is 471 g/mol. The van der Waals surface area contributed by atoms with Crippen LogP contribution in [0.25, 0.3) is 11.1 Å². The lowest BCUT2D eigenvalue weighted by Gasteiger charge is -2.22. The molecule has 0 radical (unpaired) electrons. The molecule has 7 heteroatoms. The van der Waals surface area contributed by atoms with Gasteiger partial charge in [-0.3, -0.25) is 24.1 Å². The fraction of sp³-hybridized carbons (Fsp3) is 0.214. The number of carboxylic acids is 1. The summed E-state index contributed by atoms with van der Waals surface area (Å²) in [5, 5.41) is 20.3. The molecule has 4 rings (SSSR count). The molecule has 7 nitrogen and oxygen atoms in total. The second-order valence-electron chi connectivity index (χ2n) is 8.58. The molecule has 3 aromatic carbocycles. The van der Waals surface area contributed by atoms with Crippen LogP contribution >= 0.6 is 0 Å². The van der Waals surface area contributed by atoms with Crippen molar-refractivity contribution in [1.29, 1.82) is 0 Å². The van der Waals surface area contributed by atoms with Crippen molar-refractivity contribution in [2.45, 2.75) is 25.4 Å². The number of nitrogens with zero attached hydrogens (tertiary/aromatic N) is 1. The molecule has 3 aromatic rings. The van der Waals surface area contributed by atoms with Gasteiger partial charge in [0, 0.05) is 12.1 Å². The Morgan fingerprint density at radius 2 is 1.37 bits per heavy atom. The van der Waals surface area contributed by atoms with Crippen LogP contribution in [0.2, 0.25) is 0 Å². The van der Waals surface area contributed by atoms with Gasteiger partial charge in [-0.05, 0) is 48.1 Å². The quantitative estimate of drug-likeness (QED) is 0.343. The zero-order valence-corrected chi connectivity index (χ0v) is 19.0. The summed E-state index contributed by atoms with van der Waals surface area (Å²) < 4.78 is 0. The van der Waals surface area contributed by atoms with E-state index in [1.165, 1.54) is 0 Å². The first kappa shape index (κ1) is 24.0. The van der Waals surface area contributed by atoms with Crippen LogP contribution in [0.15, 0.2) is 72.8 Å². The molecule has 2 N–H and O–H groups in total. The number of aliphatic hydroxyl groups excluding tert-OH is 1. The number of carbonyl (C=O) groups is 4. The predicted molar refractivity (Wildman–Crippen MR) is 129 cm³/mol. The molecule has 0 saturated heterocycles. The van der Waals surface area contributed by atoms with Crippen LogP contribution in [0.1, 0.15) is 49.5 Å². The van der Waals surface area contributed by atoms with Crippen molar-refractivity contribution in [2.24, 2.45) is 5.92 Å². The molecule has 1 aliphatic heterocycles. The number of carbonyl (C=O) groups excluding carboxylic acids is 3. The summed E-state index contributed by atoms with van der Waals surface area (Å²) in [6.07, 6.45) is 0.341. The van der Waals surface area contributed by atoms with Gasteiger partial charge in [0.1, 0.15) is 6.29 Å². The van der Waals surface area contributed by atoms with Crippen LogP contribution in [-0.4, -0.2) is 51.8 Å².